The van der Waals surface area contributed by atoms with Crippen LogP contribution in [0.4, 0.5) is 0 Å². The number of benzene rings is 1. The number of aryl methyl sites for hydroxylation is 1. The third kappa shape index (κ3) is 5.19. The van der Waals surface area contributed by atoms with Gasteiger partial charge in [-0.2, -0.15) is 0 Å². The lowest BCUT2D eigenvalue weighted by Gasteiger charge is -2.00. The van der Waals surface area contributed by atoms with Crippen LogP contribution in [0.1, 0.15) is 24.5 Å². The van der Waals surface area contributed by atoms with Crippen molar-refractivity contribution in [1.82, 2.24) is 5.32 Å². The summed E-state index contributed by atoms with van der Waals surface area (Å²) in [4.78, 5) is 11.5. The van der Waals surface area contributed by atoms with Crippen LogP contribution in [0.15, 0.2) is 36.4 Å². The highest BCUT2D eigenvalue weighted by molar-refractivity contribution is 6.31. The Morgan fingerprint density at radius 1 is 1.44 bits per heavy atom. The van der Waals surface area contributed by atoms with Crippen LogP contribution in [0.25, 0.3) is 6.08 Å². The van der Waals surface area contributed by atoms with E-state index in [0.717, 1.165) is 17.5 Å². The maximum absolute atomic E-state index is 11.5. The molecule has 1 amide bonds. The molecule has 0 heterocycles. The highest BCUT2D eigenvalue weighted by atomic mass is 35.5. The zero-order valence-corrected chi connectivity index (χ0v) is 11.5. The van der Waals surface area contributed by atoms with Crippen molar-refractivity contribution in [2.24, 2.45) is 0 Å². The zero-order valence-electron chi connectivity index (χ0n) is 10.7. The van der Waals surface area contributed by atoms with Gasteiger partial charge >= 0.3 is 0 Å². The van der Waals surface area contributed by atoms with Crippen LogP contribution in [0.2, 0.25) is 5.02 Å². The van der Waals surface area contributed by atoms with Crippen molar-refractivity contribution >= 4 is 23.6 Å². The van der Waals surface area contributed by atoms with E-state index in [1.165, 1.54) is 6.08 Å². The van der Waals surface area contributed by atoms with Gasteiger partial charge in [-0.1, -0.05) is 35.9 Å². The molecule has 96 valence electrons. The second-order valence-electron chi connectivity index (χ2n) is 3.99. The molecule has 0 fully saturated rings. The minimum absolute atomic E-state index is 0.0869. The molecule has 0 aliphatic carbocycles. The molecule has 1 aromatic carbocycles. The maximum Gasteiger partial charge on any atom is 0.244 e. The first kappa shape index (κ1) is 14.5. The molecule has 0 unspecified atom stereocenters. The fourth-order valence-electron chi connectivity index (χ4n) is 1.39. The van der Waals surface area contributed by atoms with Crippen molar-refractivity contribution in [1.29, 1.82) is 0 Å². The average Bonchev–Trinajstić information content (AvgIpc) is 2.36. The average molecular weight is 264 g/mol. The van der Waals surface area contributed by atoms with Gasteiger partial charge in [-0.3, -0.25) is 4.79 Å². The van der Waals surface area contributed by atoms with Crippen LogP contribution in [0, 0.1) is 6.92 Å². The molecule has 1 N–H and O–H groups in total. The molecule has 0 spiro atoms. The second-order valence-corrected chi connectivity index (χ2v) is 4.40. The molecule has 1 rings (SSSR count). The number of carbonyl (C=O) groups excluding carboxylic acids is 1. The third-order valence-corrected chi connectivity index (χ3v) is 2.88. The Morgan fingerprint density at radius 3 is 2.89 bits per heavy atom. The van der Waals surface area contributed by atoms with E-state index in [4.69, 9.17) is 11.6 Å². The largest absolute Gasteiger partial charge is 0.352 e. The first-order valence-electron chi connectivity index (χ1n) is 5.96. The molecule has 0 atom stereocenters. The van der Waals surface area contributed by atoms with E-state index in [-0.39, 0.29) is 5.91 Å². The Bertz CT molecular complexity index is 464. The van der Waals surface area contributed by atoms with Gasteiger partial charge in [0.1, 0.15) is 0 Å². The summed E-state index contributed by atoms with van der Waals surface area (Å²) < 4.78 is 0. The Labute approximate surface area is 113 Å². The molecule has 0 bridgehead atoms. The lowest BCUT2D eigenvalue weighted by molar-refractivity contribution is -0.116. The lowest BCUT2D eigenvalue weighted by atomic mass is 10.1. The summed E-state index contributed by atoms with van der Waals surface area (Å²) in [6, 6.07) is 5.72. The van der Waals surface area contributed by atoms with Gasteiger partial charge < -0.3 is 5.32 Å². The Kier molecular flexibility index (Phi) is 6.23. The molecular weight excluding hydrogens is 246 g/mol. The van der Waals surface area contributed by atoms with Gasteiger partial charge in [0.05, 0.1) is 0 Å². The number of amides is 1. The topological polar surface area (TPSA) is 29.1 Å². The highest BCUT2D eigenvalue weighted by Crippen LogP contribution is 2.17. The van der Waals surface area contributed by atoms with E-state index in [1.807, 2.05) is 44.2 Å². The van der Waals surface area contributed by atoms with Crippen LogP contribution >= 0.6 is 11.6 Å². The van der Waals surface area contributed by atoms with E-state index in [9.17, 15) is 4.79 Å². The third-order valence-electron chi connectivity index (χ3n) is 2.47. The highest BCUT2D eigenvalue weighted by Gasteiger charge is 1.96. The van der Waals surface area contributed by atoms with Crippen molar-refractivity contribution in [3.63, 3.8) is 0 Å². The number of hydrogen-bond acceptors (Lipinski definition) is 1. The molecule has 0 aliphatic rings. The fraction of sp³-hybridized carbons (Fsp3) is 0.267. The first-order chi connectivity index (χ1) is 8.63. The fourth-order valence-corrected chi connectivity index (χ4v) is 1.58. The van der Waals surface area contributed by atoms with Crippen LogP contribution in [0.3, 0.4) is 0 Å². The minimum atomic E-state index is -0.0869. The van der Waals surface area contributed by atoms with Gasteiger partial charge in [0.2, 0.25) is 5.91 Å². The molecule has 1 aromatic rings. The number of halogens is 1. The second kappa shape index (κ2) is 7.72. The molecule has 3 heteroatoms. The van der Waals surface area contributed by atoms with E-state index in [2.05, 4.69) is 5.32 Å². The molecule has 0 aromatic heterocycles. The van der Waals surface area contributed by atoms with Gasteiger partial charge in [-0.15, -0.1) is 0 Å². The predicted octanol–water partition coefficient (Wildman–Crippen LogP) is 3.74. The molecule has 18 heavy (non-hydrogen) atoms. The Hall–Kier alpha value is -1.54. The smallest absolute Gasteiger partial charge is 0.244 e. The van der Waals surface area contributed by atoms with Gasteiger partial charge in [-0.25, -0.2) is 0 Å². The number of hydrogen-bond donors (Lipinski definition) is 1. The van der Waals surface area contributed by atoms with Crippen LogP contribution in [-0.4, -0.2) is 12.5 Å². The Balaban J connectivity index is 2.47. The summed E-state index contributed by atoms with van der Waals surface area (Å²) >= 11 is 6.01. The lowest BCUT2D eigenvalue weighted by Crippen LogP contribution is -2.21. The van der Waals surface area contributed by atoms with Crippen molar-refractivity contribution in [3.8, 4) is 0 Å². The summed E-state index contributed by atoms with van der Waals surface area (Å²) in [5.41, 5.74) is 1.96. The van der Waals surface area contributed by atoms with Gasteiger partial charge in [0, 0.05) is 17.6 Å². The van der Waals surface area contributed by atoms with Gasteiger partial charge in [0.15, 0.2) is 0 Å². The van der Waals surface area contributed by atoms with Crippen molar-refractivity contribution in [2.45, 2.75) is 20.3 Å². The number of carbonyl (C=O) groups is 1. The number of nitrogens with one attached hydrogen (secondary N) is 1. The molecular formula is C15H18ClNO. The summed E-state index contributed by atoms with van der Waals surface area (Å²) in [5.74, 6) is -0.0869. The van der Waals surface area contributed by atoms with E-state index in [1.54, 1.807) is 6.08 Å². The quantitative estimate of drug-likeness (QED) is 0.489. The van der Waals surface area contributed by atoms with Crippen LogP contribution < -0.4 is 5.32 Å². The molecule has 0 radical (unpaired) electrons. The first-order valence-corrected chi connectivity index (χ1v) is 6.34. The molecule has 0 saturated heterocycles. The summed E-state index contributed by atoms with van der Waals surface area (Å²) in [6.45, 7) is 4.56. The number of allylic oxidation sites excluding steroid dienone is 1. The van der Waals surface area contributed by atoms with Crippen molar-refractivity contribution in [2.75, 3.05) is 6.54 Å². The molecule has 2 nitrogen and oxygen atoms in total. The maximum atomic E-state index is 11.5. The number of rotatable bonds is 5. The minimum Gasteiger partial charge on any atom is -0.352 e. The van der Waals surface area contributed by atoms with Crippen LogP contribution in [-0.2, 0) is 4.79 Å². The SMILES string of the molecule is C/C=C/CCNC(=O)/C=C/c1ccc(C)c(Cl)c1. The van der Waals surface area contributed by atoms with Gasteiger partial charge in [-0.05, 0) is 43.5 Å². The summed E-state index contributed by atoms with van der Waals surface area (Å²) in [6.07, 6.45) is 8.12. The Morgan fingerprint density at radius 2 is 2.22 bits per heavy atom. The van der Waals surface area contributed by atoms with Crippen LogP contribution in [0.5, 0.6) is 0 Å². The standard InChI is InChI=1S/C15H18ClNO/c1-3-4-5-10-17-15(18)9-8-13-7-6-12(2)14(16)11-13/h3-4,6-9,11H,5,10H2,1-2H3,(H,17,18)/b4-3+,9-8+. The molecule has 0 saturated carbocycles. The van der Waals surface area contributed by atoms with E-state index >= 15 is 0 Å². The van der Waals surface area contributed by atoms with Crippen molar-refractivity contribution < 1.29 is 4.79 Å². The zero-order chi connectivity index (χ0) is 13.4. The monoisotopic (exact) mass is 263 g/mol. The van der Waals surface area contributed by atoms with Crippen molar-refractivity contribution in [3.05, 3.63) is 52.6 Å². The van der Waals surface area contributed by atoms with Gasteiger partial charge in [0.25, 0.3) is 0 Å². The predicted molar refractivity (Wildman–Crippen MR) is 77.7 cm³/mol. The van der Waals surface area contributed by atoms with E-state index < -0.39 is 0 Å². The molecule has 0 aliphatic heterocycles. The summed E-state index contributed by atoms with van der Waals surface area (Å²) in [7, 11) is 0. The van der Waals surface area contributed by atoms with E-state index in [0.29, 0.717) is 11.6 Å². The summed E-state index contributed by atoms with van der Waals surface area (Å²) in [5, 5.41) is 3.52. The normalized spacial score (nSPS) is 11.3.